The van der Waals surface area contributed by atoms with E-state index in [1.165, 1.54) is 7.11 Å². The second kappa shape index (κ2) is 5.02. The van der Waals surface area contributed by atoms with E-state index in [1.807, 2.05) is 0 Å². The number of aryl methyl sites for hydroxylation is 1. The Morgan fingerprint density at radius 2 is 2.20 bits per heavy atom. The molecule has 0 saturated heterocycles. The quantitative estimate of drug-likeness (QED) is 0.883. The van der Waals surface area contributed by atoms with Gasteiger partial charge in [-0.1, -0.05) is 15.9 Å². The molecule has 4 nitrogen and oxygen atoms in total. The average molecular weight is 275 g/mol. The molecule has 0 aromatic heterocycles. The first kappa shape index (κ1) is 11.8. The van der Waals surface area contributed by atoms with Crippen LogP contribution in [0.15, 0.2) is 16.6 Å². The van der Waals surface area contributed by atoms with Gasteiger partial charge >= 0.3 is 5.97 Å². The molecular formula is C10H11BrO4. The summed E-state index contributed by atoms with van der Waals surface area (Å²) >= 11 is 3.26. The molecule has 0 saturated carbocycles. The lowest BCUT2D eigenvalue weighted by Crippen LogP contribution is -1.98. The molecule has 0 bridgehead atoms. The lowest BCUT2D eigenvalue weighted by Gasteiger charge is -2.08. The third-order valence-electron chi connectivity index (χ3n) is 1.95. The Morgan fingerprint density at radius 1 is 1.53 bits per heavy atom. The number of carboxylic acid groups (broad SMARTS) is 1. The van der Waals surface area contributed by atoms with Gasteiger partial charge in [0.1, 0.15) is 0 Å². The topological polar surface area (TPSA) is 66.8 Å². The molecule has 0 radical (unpaired) electrons. The van der Waals surface area contributed by atoms with Crippen molar-refractivity contribution in [2.24, 2.45) is 0 Å². The minimum absolute atomic E-state index is 0.00181. The number of carbonyl (C=O) groups is 1. The number of phenols is 1. The van der Waals surface area contributed by atoms with Gasteiger partial charge in [0.25, 0.3) is 0 Å². The van der Waals surface area contributed by atoms with Gasteiger partial charge in [0.05, 0.1) is 7.11 Å². The normalized spacial score (nSPS) is 10.0. The number of methoxy groups -OCH3 is 1. The second-order valence-corrected chi connectivity index (χ2v) is 3.93. The third kappa shape index (κ3) is 3.13. The van der Waals surface area contributed by atoms with Crippen molar-refractivity contribution >= 4 is 21.9 Å². The molecule has 0 aliphatic heterocycles. The summed E-state index contributed by atoms with van der Waals surface area (Å²) in [7, 11) is 1.45. The van der Waals surface area contributed by atoms with Crippen molar-refractivity contribution in [1.29, 1.82) is 0 Å². The van der Waals surface area contributed by atoms with Crippen LogP contribution in [0.3, 0.4) is 0 Å². The zero-order valence-corrected chi connectivity index (χ0v) is 9.74. The second-order valence-electron chi connectivity index (χ2n) is 3.01. The molecule has 2 N–H and O–H groups in total. The smallest absolute Gasteiger partial charge is 0.303 e. The predicted molar refractivity (Wildman–Crippen MR) is 58.3 cm³/mol. The highest BCUT2D eigenvalue weighted by Gasteiger charge is 2.10. The number of phenolic OH excluding ortho intramolecular Hbond substituents is 1. The van der Waals surface area contributed by atoms with E-state index in [1.54, 1.807) is 12.1 Å². The zero-order valence-electron chi connectivity index (χ0n) is 8.16. The van der Waals surface area contributed by atoms with Gasteiger partial charge < -0.3 is 14.9 Å². The number of halogens is 1. The maximum atomic E-state index is 10.4. The lowest BCUT2D eigenvalue weighted by atomic mass is 10.1. The SMILES string of the molecule is COc1cc(Br)cc(CCC(=O)O)c1O. The van der Waals surface area contributed by atoms with Crippen molar-refractivity contribution in [3.63, 3.8) is 0 Å². The van der Waals surface area contributed by atoms with Crippen LogP contribution < -0.4 is 4.74 Å². The van der Waals surface area contributed by atoms with E-state index < -0.39 is 5.97 Å². The summed E-state index contributed by atoms with van der Waals surface area (Å²) in [6.45, 7) is 0. The minimum Gasteiger partial charge on any atom is -0.504 e. The molecule has 0 aliphatic rings. The predicted octanol–water partition coefficient (Wildman–Crippen LogP) is 2.18. The molecule has 1 rings (SSSR count). The Bertz CT molecular complexity index is 376. The summed E-state index contributed by atoms with van der Waals surface area (Å²) in [6.07, 6.45) is 0.254. The molecule has 5 heteroatoms. The number of ether oxygens (including phenoxy) is 1. The Kier molecular flexibility index (Phi) is 3.96. The molecule has 0 heterocycles. The van der Waals surface area contributed by atoms with E-state index in [-0.39, 0.29) is 18.6 Å². The van der Waals surface area contributed by atoms with Crippen molar-refractivity contribution in [1.82, 2.24) is 0 Å². The van der Waals surface area contributed by atoms with Crippen molar-refractivity contribution in [3.05, 3.63) is 22.2 Å². The lowest BCUT2D eigenvalue weighted by molar-refractivity contribution is -0.136. The summed E-state index contributed by atoms with van der Waals surface area (Å²) in [5.41, 5.74) is 0.559. The highest BCUT2D eigenvalue weighted by Crippen LogP contribution is 2.34. The molecule has 0 amide bonds. The van der Waals surface area contributed by atoms with Crippen LogP contribution in [0.2, 0.25) is 0 Å². The fourth-order valence-electron chi connectivity index (χ4n) is 1.22. The highest BCUT2D eigenvalue weighted by molar-refractivity contribution is 9.10. The number of hydrogen-bond acceptors (Lipinski definition) is 3. The molecule has 82 valence electrons. The fraction of sp³-hybridized carbons (Fsp3) is 0.300. The van der Waals surface area contributed by atoms with E-state index in [0.717, 1.165) is 4.47 Å². The number of benzene rings is 1. The molecule has 0 atom stereocenters. The van der Waals surface area contributed by atoms with Gasteiger partial charge in [-0.15, -0.1) is 0 Å². The van der Waals surface area contributed by atoms with Crippen LogP contribution in [-0.4, -0.2) is 23.3 Å². The van der Waals surface area contributed by atoms with Crippen LogP contribution in [0.4, 0.5) is 0 Å². The number of hydrogen-bond donors (Lipinski definition) is 2. The van der Waals surface area contributed by atoms with Crippen molar-refractivity contribution in [2.45, 2.75) is 12.8 Å². The molecule has 0 aliphatic carbocycles. The number of rotatable bonds is 4. The Morgan fingerprint density at radius 3 is 2.73 bits per heavy atom. The van der Waals surface area contributed by atoms with Gasteiger partial charge in [-0.25, -0.2) is 0 Å². The van der Waals surface area contributed by atoms with E-state index in [2.05, 4.69) is 15.9 Å². The van der Waals surface area contributed by atoms with Crippen LogP contribution in [-0.2, 0) is 11.2 Å². The first-order chi connectivity index (χ1) is 7.04. The Labute approximate surface area is 95.6 Å². The summed E-state index contributed by atoms with van der Waals surface area (Å²) in [5, 5.41) is 18.2. The van der Waals surface area contributed by atoms with Gasteiger partial charge in [0.2, 0.25) is 0 Å². The number of aliphatic carboxylic acids is 1. The molecule has 0 spiro atoms. The van der Waals surface area contributed by atoms with Crippen LogP contribution in [0.5, 0.6) is 11.5 Å². The molecule has 0 unspecified atom stereocenters. The molecule has 0 fully saturated rings. The standard InChI is InChI=1S/C10H11BrO4/c1-15-8-5-7(11)4-6(10(8)14)2-3-9(12)13/h4-5,14H,2-3H2,1H3,(H,12,13). The van der Waals surface area contributed by atoms with Crippen LogP contribution in [0.1, 0.15) is 12.0 Å². The van der Waals surface area contributed by atoms with Crippen molar-refractivity contribution < 1.29 is 19.7 Å². The number of aromatic hydroxyl groups is 1. The van der Waals surface area contributed by atoms with Crippen LogP contribution in [0, 0.1) is 0 Å². The number of carboxylic acids is 1. The van der Waals surface area contributed by atoms with Crippen molar-refractivity contribution in [3.8, 4) is 11.5 Å². The maximum Gasteiger partial charge on any atom is 0.303 e. The van der Waals surface area contributed by atoms with Gasteiger partial charge in [-0.05, 0) is 24.1 Å². The van der Waals surface area contributed by atoms with Gasteiger partial charge in [-0.3, -0.25) is 4.79 Å². The zero-order chi connectivity index (χ0) is 11.4. The summed E-state index contributed by atoms with van der Waals surface area (Å²) in [4.78, 5) is 10.4. The molecule has 15 heavy (non-hydrogen) atoms. The first-order valence-corrected chi connectivity index (χ1v) is 5.11. The third-order valence-corrected chi connectivity index (χ3v) is 2.40. The minimum atomic E-state index is -0.895. The van der Waals surface area contributed by atoms with Crippen LogP contribution in [0.25, 0.3) is 0 Å². The molecular weight excluding hydrogens is 264 g/mol. The maximum absolute atomic E-state index is 10.4. The van der Waals surface area contributed by atoms with Gasteiger partial charge in [0, 0.05) is 10.9 Å². The monoisotopic (exact) mass is 274 g/mol. The van der Waals surface area contributed by atoms with E-state index in [9.17, 15) is 9.90 Å². The van der Waals surface area contributed by atoms with Crippen LogP contribution >= 0.6 is 15.9 Å². The average Bonchev–Trinajstić information content (AvgIpc) is 2.18. The molecule has 1 aromatic rings. The fourth-order valence-corrected chi connectivity index (χ4v) is 1.70. The highest BCUT2D eigenvalue weighted by atomic mass is 79.9. The largest absolute Gasteiger partial charge is 0.504 e. The summed E-state index contributed by atoms with van der Waals surface area (Å²) in [6, 6.07) is 3.31. The van der Waals surface area contributed by atoms with E-state index >= 15 is 0 Å². The van der Waals surface area contributed by atoms with E-state index in [4.69, 9.17) is 9.84 Å². The van der Waals surface area contributed by atoms with Crippen molar-refractivity contribution in [2.75, 3.05) is 7.11 Å². The Hall–Kier alpha value is -1.23. The van der Waals surface area contributed by atoms with Gasteiger partial charge in [0.15, 0.2) is 11.5 Å². The summed E-state index contributed by atoms with van der Waals surface area (Å²) in [5.74, 6) is -0.556. The Balaban J connectivity index is 2.95. The van der Waals surface area contributed by atoms with Gasteiger partial charge in [-0.2, -0.15) is 0 Å². The molecule has 1 aromatic carbocycles. The van der Waals surface area contributed by atoms with E-state index in [0.29, 0.717) is 11.3 Å². The first-order valence-electron chi connectivity index (χ1n) is 4.31. The summed E-state index contributed by atoms with van der Waals surface area (Å²) < 4.78 is 5.69.